The summed E-state index contributed by atoms with van der Waals surface area (Å²) < 4.78 is 0. The summed E-state index contributed by atoms with van der Waals surface area (Å²) in [5, 5.41) is 14.6. The van der Waals surface area contributed by atoms with Gasteiger partial charge in [-0.1, -0.05) is 41.4 Å². The van der Waals surface area contributed by atoms with Gasteiger partial charge in [0.1, 0.15) is 0 Å². The summed E-state index contributed by atoms with van der Waals surface area (Å²) in [6.07, 6.45) is 1.84. The maximum absolute atomic E-state index is 12.2. The third-order valence-corrected chi connectivity index (χ3v) is 5.17. The van der Waals surface area contributed by atoms with E-state index in [-0.39, 0.29) is 27.6 Å². The molecule has 0 heterocycles. The molecule has 1 rings (SSSR count). The Morgan fingerprint density at radius 2 is 2.00 bits per heavy atom. The Morgan fingerprint density at radius 1 is 1.38 bits per heavy atom. The molecule has 0 fully saturated rings. The number of benzene rings is 1. The van der Waals surface area contributed by atoms with Crippen molar-refractivity contribution in [2.24, 2.45) is 5.41 Å². The second-order valence-electron chi connectivity index (χ2n) is 4.98. The highest BCUT2D eigenvalue weighted by atomic mass is 79.9. The van der Waals surface area contributed by atoms with E-state index in [1.54, 1.807) is 0 Å². The molecule has 0 spiro atoms. The Kier molecular flexibility index (Phi) is 6.61. The van der Waals surface area contributed by atoms with E-state index >= 15 is 0 Å². The lowest BCUT2D eigenvalue weighted by Crippen LogP contribution is -2.38. The fourth-order valence-corrected chi connectivity index (χ4v) is 3.14. The van der Waals surface area contributed by atoms with Gasteiger partial charge in [-0.2, -0.15) is 0 Å². The molecule has 0 aliphatic rings. The molecule has 0 atom stereocenters. The van der Waals surface area contributed by atoms with E-state index in [1.807, 2.05) is 0 Å². The van der Waals surface area contributed by atoms with Gasteiger partial charge in [-0.05, 0) is 24.3 Å². The van der Waals surface area contributed by atoms with Crippen LogP contribution >= 0.6 is 27.5 Å². The zero-order valence-corrected chi connectivity index (χ0v) is 14.3. The molecular formula is C14H18BrClN2O3. The van der Waals surface area contributed by atoms with Crippen molar-refractivity contribution in [1.82, 2.24) is 5.32 Å². The summed E-state index contributed by atoms with van der Waals surface area (Å²) >= 11 is 9.30. The molecule has 0 saturated carbocycles. The molecule has 0 radical (unpaired) electrons. The second-order valence-corrected chi connectivity index (χ2v) is 5.98. The number of halogens is 2. The van der Waals surface area contributed by atoms with Gasteiger partial charge in [-0.25, -0.2) is 0 Å². The van der Waals surface area contributed by atoms with Crippen LogP contribution in [0.3, 0.4) is 0 Å². The highest BCUT2D eigenvalue weighted by molar-refractivity contribution is 9.09. The molecule has 7 heteroatoms. The number of amides is 1. The quantitative estimate of drug-likeness (QED) is 0.440. The average Bonchev–Trinajstić information content (AvgIpc) is 2.48. The van der Waals surface area contributed by atoms with Gasteiger partial charge >= 0.3 is 0 Å². The van der Waals surface area contributed by atoms with Crippen LogP contribution in [0.4, 0.5) is 5.69 Å². The van der Waals surface area contributed by atoms with Crippen LogP contribution in [0.15, 0.2) is 18.2 Å². The van der Waals surface area contributed by atoms with E-state index in [1.165, 1.54) is 18.2 Å². The van der Waals surface area contributed by atoms with Gasteiger partial charge in [-0.3, -0.25) is 14.9 Å². The Balaban J connectivity index is 2.87. The molecule has 116 valence electrons. The van der Waals surface area contributed by atoms with Crippen molar-refractivity contribution in [3.63, 3.8) is 0 Å². The highest BCUT2D eigenvalue weighted by Gasteiger charge is 2.26. The van der Waals surface area contributed by atoms with Crippen LogP contribution in [0.1, 0.15) is 37.0 Å². The normalized spacial score (nSPS) is 11.2. The lowest BCUT2D eigenvalue weighted by Gasteiger charge is -2.29. The van der Waals surface area contributed by atoms with Crippen molar-refractivity contribution >= 4 is 39.1 Å². The van der Waals surface area contributed by atoms with Crippen LogP contribution in [0.25, 0.3) is 0 Å². The van der Waals surface area contributed by atoms with Gasteiger partial charge < -0.3 is 5.32 Å². The summed E-state index contributed by atoms with van der Waals surface area (Å²) in [6.45, 7) is 4.65. The first-order valence-corrected chi connectivity index (χ1v) is 8.16. The molecule has 0 aliphatic carbocycles. The smallest absolute Gasteiger partial charge is 0.271 e. The van der Waals surface area contributed by atoms with Gasteiger partial charge in [0.2, 0.25) is 0 Å². The monoisotopic (exact) mass is 376 g/mol. The zero-order valence-electron chi connectivity index (χ0n) is 12.0. The van der Waals surface area contributed by atoms with Gasteiger partial charge in [0, 0.05) is 34.6 Å². The van der Waals surface area contributed by atoms with Crippen LogP contribution in [0, 0.1) is 15.5 Å². The predicted molar refractivity (Wildman–Crippen MR) is 87.2 cm³/mol. The van der Waals surface area contributed by atoms with Gasteiger partial charge in [0.05, 0.1) is 4.92 Å². The van der Waals surface area contributed by atoms with Crippen LogP contribution in [0.2, 0.25) is 5.02 Å². The lowest BCUT2D eigenvalue weighted by molar-refractivity contribution is -0.384. The van der Waals surface area contributed by atoms with Crippen LogP contribution in [0.5, 0.6) is 0 Å². The third-order valence-electron chi connectivity index (χ3n) is 3.76. The second kappa shape index (κ2) is 7.75. The van der Waals surface area contributed by atoms with Gasteiger partial charge in [-0.15, -0.1) is 0 Å². The molecule has 1 amide bonds. The molecule has 5 nitrogen and oxygen atoms in total. The Labute approximate surface area is 137 Å². The Morgan fingerprint density at radius 3 is 2.48 bits per heavy atom. The average molecular weight is 378 g/mol. The predicted octanol–water partition coefficient (Wildman–Crippen LogP) is 4.18. The maximum Gasteiger partial charge on any atom is 0.271 e. The number of nitro groups is 1. The summed E-state index contributed by atoms with van der Waals surface area (Å²) in [4.78, 5) is 22.4. The van der Waals surface area contributed by atoms with Crippen LogP contribution in [-0.2, 0) is 0 Å². The fourth-order valence-electron chi connectivity index (χ4n) is 1.92. The summed E-state index contributed by atoms with van der Waals surface area (Å²) in [5.41, 5.74) is -0.00422. The fraction of sp³-hybridized carbons (Fsp3) is 0.500. The lowest BCUT2D eigenvalue weighted by atomic mass is 9.84. The first-order valence-electron chi connectivity index (χ1n) is 6.66. The topological polar surface area (TPSA) is 72.2 Å². The Hall–Kier alpha value is -1.14. The molecule has 0 saturated heterocycles. The van der Waals surface area contributed by atoms with E-state index < -0.39 is 4.92 Å². The largest absolute Gasteiger partial charge is 0.351 e. The molecule has 1 aromatic carbocycles. The number of nitro benzene ring substituents is 1. The van der Waals surface area contributed by atoms with Crippen molar-refractivity contribution in [2.45, 2.75) is 26.7 Å². The number of alkyl halides is 1. The van der Waals surface area contributed by atoms with Crippen molar-refractivity contribution in [2.75, 3.05) is 11.9 Å². The molecular weight excluding hydrogens is 360 g/mol. The third kappa shape index (κ3) is 4.68. The first-order chi connectivity index (χ1) is 9.87. The summed E-state index contributed by atoms with van der Waals surface area (Å²) in [7, 11) is 0. The minimum atomic E-state index is -0.566. The number of carbonyl (C=O) groups is 1. The van der Waals surface area contributed by atoms with E-state index in [9.17, 15) is 14.9 Å². The number of rotatable bonds is 7. The maximum atomic E-state index is 12.2. The number of nitrogens with zero attached hydrogens (tertiary/aromatic N) is 1. The molecule has 1 N–H and O–H groups in total. The molecule has 0 aromatic heterocycles. The van der Waals surface area contributed by atoms with E-state index in [0.29, 0.717) is 6.54 Å². The minimum Gasteiger partial charge on any atom is -0.351 e. The summed E-state index contributed by atoms with van der Waals surface area (Å²) in [5.74, 6) is -0.354. The minimum absolute atomic E-state index is 0.0137. The van der Waals surface area contributed by atoms with Gasteiger partial charge in [0.25, 0.3) is 11.6 Å². The standard InChI is InChI=1S/C14H18BrClN2O3/c1-3-14(4-2,8-15)9-17-13(19)10-5-11(16)7-12(6-10)18(20)21/h5-7H,3-4,8-9H2,1-2H3,(H,17,19). The van der Waals surface area contributed by atoms with E-state index in [2.05, 4.69) is 35.1 Å². The zero-order chi connectivity index (χ0) is 16.0. The number of nitrogens with one attached hydrogen (secondary N) is 1. The van der Waals surface area contributed by atoms with Crippen molar-refractivity contribution in [3.8, 4) is 0 Å². The van der Waals surface area contributed by atoms with Crippen molar-refractivity contribution < 1.29 is 9.72 Å². The number of hydrogen-bond donors (Lipinski definition) is 1. The van der Waals surface area contributed by atoms with Crippen LogP contribution < -0.4 is 5.32 Å². The van der Waals surface area contributed by atoms with E-state index in [0.717, 1.165) is 18.2 Å². The summed E-state index contributed by atoms with van der Waals surface area (Å²) in [6, 6.07) is 3.88. The number of hydrogen-bond acceptors (Lipinski definition) is 3. The number of non-ortho nitro benzene ring substituents is 1. The van der Waals surface area contributed by atoms with Crippen LogP contribution in [-0.4, -0.2) is 22.7 Å². The first kappa shape index (κ1) is 17.9. The number of carbonyl (C=O) groups excluding carboxylic acids is 1. The molecule has 0 aliphatic heterocycles. The molecule has 0 unspecified atom stereocenters. The molecule has 0 bridgehead atoms. The van der Waals surface area contributed by atoms with Crippen molar-refractivity contribution in [3.05, 3.63) is 38.9 Å². The Bertz CT molecular complexity index is 525. The van der Waals surface area contributed by atoms with Gasteiger partial charge in [0.15, 0.2) is 0 Å². The van der Waals surface area contributed by atoms with Crippen molar-refractivity contribution in [1.29, 1.82) is 0 Å². The van der Waals surface area contributed by atoms with E-state index in [4.69, 9.17) is 11.6 Å². The SMILES string of the molecule is CCC(CC)(CBr)CNC(=O)c1cc(Cl)cc([N+](=O)[O-])c1. The molecule has 1 aromatic rings. The highest BCUT2D eigenvalue weighted by Crippen LogP contribution is 2.28. The molecule has 21 heavy (non-hydrogen) atoms.